The Hall–Kier alpha value is -2.41. The van der Waals surface area contributed by atoms with Crippen molar-refractivity contribution in [1.82, 2.24) is 5.32 Å². The van der Waals surface area contributed by atoms with Gasteiger partial charge in [0.05, 0.1) is 13.7 Å². The van der Waals surface area contributed by atoms with Gasteiger partial charge < -0.3 is 20.5 Å². The second-order valence-corrected chi connectivity index (χ2v) is 4.14. The van der Waals surface area contributed by atoms with Crippen molar-refractivity contribution in [3.8, 4) is 11.5 Å². The number of rotatable bonds is 5. The summed E-state index contributed by atoms with van der Waals surface area (Å²) >= 11 is 0. The van der Waals surface area contributed by atoms with Crippen LogP contribution in [-0.4, -0.2) is 37.4 Å². The molecule has 0 aromatic heterocycles. The summed E-state index contributed by atoms with van der Waals surface area (Å²) in [6, 6.07) is 5.92. The third kappa shape index (κ3) is 3.33. The first-order valence-corrected chi connectivity index (χ1v) is 6.05. The highest BCUT2D eigenvalue weighted by Crippen LogP contribution is 2.18. The van der Waals surface area contributed by atoms with Gasteiger partial charge in [0.1, 0.15) is 17.3 Å². The number of ether oxygens (including phenoxy) is 2. The molecule has 7 nitrogen and oxygen atoms in total. The molecule has 0 aliphatic carbocycles. The Morgan fingerprint density at radius 2 is 2.10 bits per heavy atom. The number of methoxy groups -OCH3 is 1. The predicted octanol–water partition coefficient (Wildman–Crippen LogP) is -0.154. The van der Waals surface area contributed by atoms with E-state index in [9.17, 15) is 9.59 Å². The molecule has 1 atom stereocenters. The summed E-state index contributed by atoms with van der Waals surface area (Å²) in [6.45, 7) is 0.273. The molecule has 0 bridgehead atoms. The molecule has 2 amide bonds. The zero-order valence-electron chi connectivity index (χ0n) is 11.0. The van der Waals surface area contributed by atoms with E-state index in [0.29, 0.717) is 17.9 Å². The number of benzene rings is 1. The molecular formula is C13H15N3O4. The molecule has 7 heteroatoms. The fourth-order valence-electron chi connectivity index (χ4n) is 1.64. The quantitative estimate of drug-likeness (QED) is 0.728. The molecule has 1 aliphatic heterocycles. The van der Waals surface area contributed by atoms with Crippen molar-refractivity contribution >= 4 is 17.6 Å². The summed E-state index contributed by atoms with van der Waals surface area (Å²) in [4.78, 5) is 26.3. The number of nitrogens with two attached hydrogens (primary N) is 1. The largest absolute Gasteiger partial charge is 0.497 e. The van der Waals surface area contributed by atoms with Crippen molar-refractivity contribution in [1.29, 1.82) is 0 Å². The number of aliphatic imine (C=N–C) groups is 1. The van der Waals surface area contributed by atoms with E-state index < -0.39 is 17.9 Å². The number of carbonyl (C=O) groups excluding carboxylic acids is 2. The minimum Gasteiger partial charge on any atom is -0.497 e. The highest BCUT2D eigenvalue weighted by molar-refractivity contribution is 6.18. The van der Waals surface area contributed by atoms with E-state index in [1.807, 2.05) is 0 Å². The van der Waals surface area contributed by atoms with Crippen molar-refractivity contribution in [3.63, 3.8) is 0 Å². The van der Waals surface area contributed by atoms with Crippen LogP contribution in [0.2, 0.25) is 0 Å². The van der Waals surface area contributed by atoms with Crippen molar-refractivity contribution in [2.24, 2.45) is 10.7 Å². The molecule has 0 radical (unpaired) electrons. The number of carbonyl (C=O) groups is 2. The number of amidine groups is 1. The first kappa shape index (κ1) is 14.0. The fraction of sp³-hybridized carbons (Fsp3) is 0.308. The summed E-state index contributed by atoms with van der Waals surface area (Å²) in [5, 5.41) is 2.47. The third-order valence-electron chi connectivity index (χ3n) is 2.71. The average molecular weight is 277 g/mol. The molecule has 1 aromatic rings. The van der Waals surface area contributed by atoms with E-state index in [-0.39, 0.29) is 12.4 Å². The van der Waals surface area contributed by atoms with Gasteiger partial charge >= 0.3 is 0 Å². The standard InChI is InChI=1S/C13H15N3O4/c1-19-8-3-2-4-9(7-8)20-6-5-10-15-12(17)11(14)13(18)16-10/h2-4,7,11H,5-6,14H2,1H3,(H,15,16,17,18). The van der Waals surface area contributed by atoms with Crippen LogP contribution in [-0.2, 0) is 9.59 Å². The molecule has 0 spiro atoms. The maximum atomic E-state index is 11.3. The molecule has 1 heterocycles. The normalized spacial score (nSPS) is 18.3. The van der Waals surface area contributed by atoms with Gasteiger partial charge in [0, 0.05) is 12.5 Å². The monoisotopic (exact) mass is 277 g/mol. The summed E-state index contributed by atoms with van der Waals surface area (Å²) in [6.07, 6.45) is 0.307. The molecule has 2 rings (SSSR count). The molecule has 1 unspecified atom stereocenters. The minimum absolute atomic E-state index is 0.268. The molecule has 0 saturated carbocycles. The van der Waals surface area contributed by atoms with Gasteiger partial charge in [-0.15, -0.1) is 0 Å². The molecule has 1 aliphatic rings. The summed E-state index contributed by atoms with van der Waals surface area (Å²) in [5.74, 6) is 0.415. The summed E-state index contributed by atoms with van der Waals surface area (Å²) in [7, 11) is 1.57. The minimum atomic E-state index is -1.21. The van der Waals surface area contributed by atoms with Gasteiger partial charge in [0.25, 0.3) is 11.8 Å². The fourth-order valence-corrected chi connectivity index (χ4v) is 1.64. The van der Waals surface area contributed by atoms with Crippen molar-refractivity contribution < 1.29 is 19.1 Å². The lowest BCUT2D eigenvalue weighted by molar-refractivity contribution is -0.129. The second kappa shape index (κ2) is 6.16. The SMILES string of the molecule is COc1cccc(OCCC2=NC(=O)C(N)C(=O)N2)c1. The van der Waals surface area contributed by atoms with Gasteiger partial charge in [-0.25, -0.2) is 0 Å². The van der Waals surface area contributed by atoms with Crippen molar-refractivity contribution in [2.75, 3.05) is 13.7 Å². The number of hydrogen-bond donors (Lipinski definition) is 2. The maximum absolute atomic E-state index is 11.3. The van der Waals surface area contributed by atoms with E-state index in [1.165, 1.54) is 0 Å². The number of hydrogen-bond acceptors (Lipinski definition) is 5. The maximum Gasteiger partial charge on any atom is 0.273 e. The Balaban J connectivity index is 1.88. The van der Waals surface area contributed by atoms with Crippen molar-refractivity contribution in [3.05, 3.63) is 24.3 Å². The molecule has 0 saturated heterocycles. The van der Waals surface area contributed by atoms with Crippen LogP contribution in [0.1, 0.15) is 6.42 Å². The predicted molar refractivity (Wildman–Crippen MR) is 71.7 cm³/mol. The molecular weight excluding hydrogens is 262 g/mol. The lowest BCUT2D eigenvalue weighted by Crippen LogP contribution is -2.52. The lowest BCUT2D eigenvalue weighted by atomic mass is 10.2. The van der Waals surface area contributed by atoms with Crippen molar-refractivity contribution in [2.45, 2.75) is 12.5 Å². The van der Waals surface area contributed by atoms with Crippen LogP contribution in [0.3, 0.4) is 0 Å². The Kier molecular flexibility index (Phi) is 4.31. The second-order valence-electron chi connectivity index (χ2n) is 4.14. The van der Waals surface area contributed by atoms with Gasteiger partial charge in [-0.05, 0) is 12.1 Å². The zero-order valence-corrected chi connectivity index (χ0v) is 11.0. The van der Waals surface area contributed by atoms with Crippen LogP contribution in [0, 0.1) is 0 Å². The number of nitrogens with zero attached hydrogens (tertiary/aromatic N) is 1. The van der Waals surface area contributed by atoms with Crippen LogP contribution >= 0.6 is 0 Å². The van der Waals surface area contributed by atoms with Crippen LogP contribution in [0.4, 0.5) is 0 Å². The molecule has 106 valence electrons. The smallest absolute Gasteiger partial charge is 0.273 e. The van der Waals surface area contributed by atoms with Gasteiger partial charge in [-0.1, -0.05) is 6.07 Å². The van der Waals surface area contributed by atoms with E-state index in [1.54, 1.807) is 31.4 Å². The topological polar surface area (TPSA) is 103 Å². The van der Waals surface area contributed by atoms with E-state index >= 15 is 0 Å². The Morgan fingerprint density at radius 1 is 1.35 bits per heavy atom. The first-order chi connectivity index (χ1) is 9.60. The van der Waals surface area contributed by atoms with Gasteiger partial charge in [0.2, 0.25) is 0 Å². The van der Waals surface area contributed by atoms with Gasteiger partial charge in [-0.2, -0.15) is 4.99 Å². The van der Waals surface area contributed by atoms with Crippen LogP contribution in [0.5, 0.6) is 11.5 Å². The van der Waals surface area contributed by atoms with E-state index in [2.05, 4.69) is 10.3 Å². The van der Waals surface area contributed by atoms with Gasteiger partial charge in [0.15, 0.2) is 6.04 Å². The molecule has 1 aromatic carbocycles. The summed E-state index contributed by atoms with van der Waals surface area (Å²) in [5.41, 5.74) is 5.32. The van der Waals surface area contributed by atoms with Crippen LogP contribution in [0.15, 0.2) is 29.3 Å². The Morgan fingerprint density at radius 3 is 2.80 bits per heavy atom. The van der Waals surface area contributed by atoms with E-state index in [0.717, 1.165) is 0 Å². The number of amides is 2. The lowest BCUT2D eigenvalue weighted by Gasteiger charge is -2.17. The zero-order chi connectivity index (χ0) is 14.5. The molecule has 0 fully saturated rings. The third-order valence-corrected chi connectivity index (χ3v) is 2.71. The number of nitrogens with one attached hydrogen (secondary N) is 1. The Labute approximate surface area is 115 Å². The molecule has 20 heavy (non-hydrogen) atoms. The Bertz CT molecular complexity index is 556. The summed E-state index contributed by atoms with van der Waals surface area (Å²) < 4.78 is 10.6. The van der Waals surface area contributed by atoms with Crippen LogP contribution in [0.25, 0.3) is 0 Å². The molecule has 3 N–H and O–H groups in total. The highest BCUT2D eigenvalue weighted by atomic mass is 16.5. The highest BCUT2D eigenvalue weighted by Gasteiger charge is 2.27. The van der Waals surface area contributed by atoms with E-state index in [4.69, 9.17) is 15.2 Å². The first-order valence-electron chi connectivity index (χ1n) is 6.05. The van der Waals surface area contributed by atoms with Gasteiger partial charge in [-0.3, -0.25) is 9.59 Å². The average Bonchev–Trinajstić information content (AvgIpc) is 2.45. The van der Waals surface area contributed by atoms with Crippen LogP contribution < -0.4 is 20.5 Å².